The highest BCUT2D eigenvalue weighted by atomic mass is 19.4. The van der Waals surface area contributed by atoms with Gasteiger partial charge in [0.05, 0.1) is 6.61 Å². The van der Waals surface area contributed by atoms with E-state index in [4.69, 9.17) is 0 Å². The molecule has 2 atom stereocenters. The summed E-state index contributed by atoms with van der Waals surface area (Å²) in [6.07, 6.45) is -3.29. The van der Waals surface area contributed by atoms with Gasteiger partial charge in [0.15, 0.2) is 0 Å². The molecule has 2 N–H and O–H groups in total. The largest absolute Gasteiger partial charge is 0.411 e. The Labute approximate surface area is 111 Å². The molecule has 1 aliphatic rings. The average molecular weight is 282 g/mol. The van der Waals surface area contributed by atoms with E-state index in [0.29, 0.717) is 18.4 Å². The second-order valence-electron chi connectivity index (χ2n) is 4.95. The van der Waals surface area contributed by atoms with E-state index in [1.807, 2.05) is 0 Å². The summed E-state index contributed by atoms with van der Waals surface area (Å²) in [6.45, 7) is 3.06. The predicted molar refractivity (Wildman–Crippen MR) is 64.6 cm³/mol. The number of alkyl halides is 3. The lowest BCUT2D eigenvalue weighted by Gasteiger charge is -2.29. The molecule has 0 saturated carbocycles. The highest BCUT2D eigenvalue weighted by Gasteiger charge is 2.27. The fraction of sp³-hybridized carbons (Fsp3) is 0.917. The number of amides is 1. The van der Waals surface area contributed by atoms with E-state index in [9.17, 15) is 18.0 Å². The van der Waals surface area contributed by atoms with Crippen LogP contribution >= 0.6 is 0 Å². The summed E-state index contributed by atoms with van der Waals surface area (Å²) in [5, 5.41) is 6.00. The smallest absolute Gasteiger partial charge is 0.372 e. The van der Waals surface area contributed by atoms with Crippen LogP contribution in [0.5, 0.6) is 0 Å². The van der Waals surface area contributed by atoms with Crippen molar-refractivity contribution >= 4 is 5.91 Å². The fourth-order valence-corrected chi connectivity index (χ4v) is 2.01. The lowest BCUT2D eigenvalue weighted by Crippen LogP contribution is -2.42. The minimum atomic E-state index is -4.33. The Balaban J connectivity index is 2.07. The molecular weight excluding hydrogens is 261 g/mol. The Morgan fingerprint density at radius 3 is 2.84 bits per heavy atom. The minimum Gasteiger partial charge on any atom is -0.372 e. The first kappa shape index (κ1) is 16.2. The number of hydrogen-bond acceptors (Lipinski definition) is 3. The van der Waals surface area contributed by atoms with Gasteiger partial charge in [0.1, 0.15) is 6.61 Å². The first-order valence-electron chi connectivity index (χ1n) is 6.50. The molecule has 1 rings (SSSR count). The maximum absolute atomic E-state index is 11.8. The standard InChI is InChI=1S/C12H21F3N2O2/c1-9-2-4-16-6-10(9)7-17-11(18)3-5-19-8-12(13,14)15/h9-10,16H,2-8H2,1H3,(H,17,18). The zero-order valence-corrected chi connectivity index (χ0v) is 11.1. The van der Waals surface area contributed by atoms with Gasteiger partial charge in [-0.1, -0.05) is 6.92 Å². The van der Waals surface area contributed by atoms with E-state index in [2.05, 4.69) is 22.3 Å². The summed E-state index contributed by atoms with van der Waals surface area (Å²) in [6, 6.07) is 0. The zero-order chi connectivity index (χ0) is 14.3. The van der Waals surface area contributed by atoms with Crippen LogP contribution < -0.4 is 10.6 Å². The van der Waals surface area contributed by atoms with Crippen molar-refractivity contribution in [2.24, 2.45) is 11.8 Å². The zero-order valence-electron chi connectivity index (χ0n) is 11.1. The van der Waals surface area contributed by atoms with Crippen molar-refractivity contribution in [1.29, 1.82) is 0 Å². The van der Waals surface area contributed by atoms with Gasteiger partial charge in [-0.2, -0.15) is 13.2 Å². The van der Waals surface area contributed by atoms with Crippen molar-refractivity contribution in [1.82, 2.24) is 10.6 Å². The minimum absolute atomic E-state index is 0.0371. The molecule has 19 heavy (non-hydrogen) atoms. The summed E-state index contributed by atoms with van der Waals surface area (Å²) >= 11 is 0. The van der Waals surface area contributed by atoms with Gasteiger partial charge < -0.3 is 15.4 Å². The van der Waals surface area contributed by atoms with Gasteiger partial charge >= 0.3 is 6.18 Å². The number of piperidine rings is 1. The molecule has 0 bridgehead atoms. The van der Waals surface area contributed by atoms with Crippen molar-refractivity contribution in [2.45, 2.75) is 25.9 Å². The monoisotopic (exact) mass is 282 g/mol. The maximum atomic E-state index is 11.8. The highest BCUT2D eigenvalue weighted by molar-refractivity contribution is 5.75. The van der Waals surface area contributed by atoms with Gasteiger partial charge in [0.25, 0.3) is 0 Å². The molecule has 0 radical (unpaired) electrons. The van der Waals surface area contributed by atoms with Gasteiger partial charge in [0.2, 0.25) is 5.91 Å². The van der Waals surface area contributed by atoms with Gasteiger partial charge in [0, 0.05) is 13.0 Å². The maximum Gasteiger partial charge on any atom is 0.411 e. The Bertz CT molecular complexity index is 285. The Hall–Kier alpha value is -0.820. The van der Waals surface area contributed by atoms with E-state index < -0.39 is 12.8 Å². The van der Waals surface area contributed by atoms with Gasteiger partial charge in [-0.05, 0) is 31.3 Å². The second-order valence-corrected chi connectivity index (χ2v) is 4.95. The van der Waals surface area contributed by atoms with Crippen LogP contribution in [-0.4, -0.2) is 44.9 Å². The van der Waals surface area contributed by atoms with E-state index >= 15 is 0 Å². The topological polar surface area (TPSA) is 50.4 Å². The van der Waals surface area contributed by atoms with Gasteiger partial charge in [-0.25, -0.2) is 0 Å². The van der Waals surface area contributed by atoms with E-state index in [1.54, 1.807) is 0 Å². The number of rotatable bonds is 6. The summed E-state index contributed by atoms with van der Waals surface area (Å²) in [5.41, 5.74) is 0. The van der Waals surface area contributed by atoms with Crippen LogP contribution in [0.2, 0.25) is 0 Å². The van der Waals surface area contributed by atoms with Gasteiger partial charge in [-0.15, -0.1) is 0 Å². The number of nitrogens with one attached hydrogen (secondary N) is 2. The van der Waals surface area contributed by atoms with Crippen LogP contribution in [-0.2, 0) is 9.53 Å². The molecule has 112 valence electrons. The van der Waals surface area contributed by atoms with Crippen molar-refractivity contribution < 1.29 is 22.7 Å². The van der Waals surface area contributed by atoms with Crippen LogP contribution in [0.3, 0.4) is 0 Å². The lowest BCUT2D eigenvalue weighted by molar-refractivity contribution is -0.174. The van der Waals surface area contributed by atoms with E-state index in [1.165, 1.54) is 0 Å². The molecule has 0 aromatic carbocycles. The SMILES string of the molecule is CC1CCNCC1CNC(=O)CCOCC(F)(F)F. The van der Waals surface area contributed by atoms with Crippen molar-refractivity contribution in [3.63, 3.8) is 0 Å². The third-order valence-corrected chi connectivity index (χ3v) is 3.29. The van der Waals surface area contributed by atoms with E-state index in [0.717, 1.165) is 19.5 Å². The molecular formula is C12H21F3N2O2. The average Bonchev–Trinajstić information content (AvgIpc) is 2.32. The lowest BCUT2D eigenvalue weighted by atomic mass is 9.88. The normalized spacial score (nSPS) is 24.2. The Morgan fingerprint density at radius 1 is 1.47 bits per heavy atom. The van der Waals surface area contributed by atoms with Crippen LogP contribution in [0, 0.1) is 11.8 Å². The summed E-state index contributed by atoms with van der Waals surface area (Å²) in [7, 11) is 0. The molecule has 1 heterocycles. The summed E-state index contributed by atoms with van der Waals surface area (Å²) in [4.78, 5) is 11.4. The number of carbonyl (C=O) groups is 1. The summed E-state index contributed by atoms with van der Waals surface area (Å²) in [5.74, 6) is 0.664. The Kier molecular flexibility index (Phi) is 6.57. The second kappa shape index (κ2) is 7.69. The Morgan fingerprint density at radius 2 is 2.21 bits per heavy atom. The third-order valence-electron chi connectivity index (χ3n) is 3.29. The van der Waals surface area contributed by atoms with Crippen molar-refractivity contribution in [2.75, 3.05) is 32.8 Å². The van der Waals surface area contributed by atoms with Crippen molar-refractivity contribution in [3.05, 3.63) is 0 Å². The number of hydrogen-bond donors (Lipinski definition) is 2. The molecule has 4 nitrogen and oxygen atoms in total. The molecule has 1 fully saturated rings. The molecule has 1 amide bonds. The number of carbonyl (C=O) groups excluding carboxylic acids is 1. The third kappa shape index (κ3) is 7.37. The first-order valence-corrected chi connectivity index (χ1v) is 6.50. The molecule has 0 spiro atoms. The molecule has 7 heteroatoms. The fourth-order valence-electron chi connectivity index (χ4n) is 2.01. The predicted octanol–water partition coefficient (Wildman–Crippen LogP) is 1.32. The van der Waals surface area contributed by atoms with Crippen LogP contribution in [0.4, 0.5) is 13.2 Å². The molecule has 0 aromatic rings. The first-order chi connectivity index (χ1) is 8.88. The molecule has 0 aromatic heterocycles. The van der Waals surface area contributed by atoms with Crippen molar-refractivity contribution in [3.8, 4) is 0 Å². The number of ether oxygens (including phenoxy) is 1. The quantitative estimate of drug-likeness (QED) is 0.722. The van der Waals surface area contributed by atoms with E-state index in [-0.39, 0.29) is 18.9 Å². The van der Waals surface area contributed by atoms with Gasteiger partial charge in [-0.3, -0.25) is 4.79 Å². The molecule has 2 unspecified atom stereocenters. The molecule has 0 aliphatic carbocycles. The molecule has 1 aliphatic heterocycles. The summed E-state index contributed by atoms with van der Waals surface area (Å²) < 4.78 is 39.7. The number of halogens is 3. The van der Waals surface area contributed by atoms with Crippen LogP contribution in [0.1, 0.15) is 19.8 Å². The highest BCUT2D eigenvalue weighted by Crippen LogP contribution is 2.17. The molecule has 1 saturated heterocycles. The van der Waals surface area contributed by atoms with Crippen LogP contribution in [0.25, 0.3) is 0 Å². The van der Waals surface area contributed by atoms with Crippen LogP contribution in [0.15, 0.2) is 0 Å².